The number of nitrogens with zero attached hydrogens (tertiary/aromatic N) is 1. The summed E-state index contributed by atoms with van der Waals surface area (Å²) in [5.74, 6) is 0. The lowest BCUT2D eigenvalue weighted by Crippen LogP contribution is -2.39. The highest BCUT2D eigenvalue weighted by Gasteiger charge is 2.15. The summed E-state index contributed by atoms with van der Waals surface area (Å²) in [6, 6.07) is 9.25. The fourth-order valence-corrected chi connectivity index (χ4v) is 2.06. The molecule has 0 spiro atoms. The van der Waals surface area contributed by atoms with Crippen LogP contribution in [0.15, 0.2) is 24.3 Å². The molecule has 90 valence electrons. The summed E-state index contributed by atoms with van der Waals surface area (Å²) >= 11 is 0. The number of benzene rings is 1. The van der Waals surface area contributed by atoms with Crippen molar-refractivity contribution in [1.29, 1.82) is 0 Å². The molecule has 16 heavy (non-hydrogen) atoms. The van der Waals surface area contributed by atoms with Crippen LogP contribution < -0.4 is 5.73 Å². The van der Waals surface area contributed by atoms with E-state index in [-0.39, 0.29) is 12.4 Å². The minimum Gasteiger partial charge on any atom is -0.328 e. The quantitative estimate of drug-likeness (QED) is 0.860. The maximum absolute atomic E-state index is 5.88. The second kappa shape index (κ2) is 6.24. The average Bonchev–Trinajstić information content (AvgIpc) is 2.25. The Morgan fingerprint density at radius 3 is 2.31 bits per heavy atom. The van der Waals surface area contributed by atoms with E-state index in [4.69, 9.17) is 5.73 Å². The Morgan fingerprint density at radius 2 is 1.75 bits per heavy atom. The van der Waals surface area contributed by atoms with Gasteiger partial charge >= 0.3 is 0 Å². The molecule has 2 nitrogen and oxygen atoms in total. The predicted octanol–water partition coefficient (Wildman–Crippen LogP) is 2.34. The SMILES string of the molecule is Cc1ccc(CN2CCC(N)CC2)cc1.Cl. The Balaban J connectivity index is 0.00000128. The van der Waals surface area contributed by atoms with Crippen LogP contribution in [0, 0.1) is 6.92 Å². The van der Waals surface area contributed by atoms with Crippen LogP contribution in [-0.4, -0.2) is 24.0 Å². The third-order valence-electron chi connectivity index (χ3n) is 3.16. The van der Waals surface area contributed by atoms with Gasteiger partial charge in [-0.1, -0.05) is 29.8 Å². The normalized spacial score (nSPS) is 18.1. The molecule has 1 aliphatic rings. The van der Waals surface area contributed by atoms with Gasteiger partial charge in [-0.15, -0.1) is 12.4 Å². The van der Waals surface area contributed by atoms with Crippen LogP contribution in [0.1, 0.15) is 24.0 Å². The van der Waals surface area contributed by atoms with Crippen LogP contribution in [0.3, 0.4) is 0 Å². The highest BCUT2D eigenvalue weighted by molar-refractivity contribution is 5.85. The van der Waals surface area contributed by atoms with E-state index in [2.05, 4.69) is 36.1 Å². The lowest BCUT2D eigenvalue weighted by atomic mass is 10.1. The molecule has 1 aromatic rings. The van der Waals surface area contributed by atoms with Gasteiger partial charge in [-0.3, -0.25) is 4.90 Å². The Labute approximate surface area is 104 Å². The first-order chi connectivity index (χ1) is 7.24. The van der Waals surface area contributed by atoms with Crippen LogP contribution in [0.5, 0.6) is 0 Å². The van der Waals surface area contributed by atoms with Gasteiger partial charge in [0.1, 0.15) is 0 Å². The van der Waals surface area contributed by atoms with Crippen molar-refractivity contribution in [2.75, 3.05) is 13.1 Å². The van der Waals surface area contributed by atoms with Crippen LogP contribution in [-0.2, 0) is 6.54 Å². The topological polar surface area (TPSA) is 29.3 Å². The number of nitrogens with two attached hydrogens (primary N) is 1. The third kappa shape index (κ3) is 3.78. The van der Waals surface area contributed by atoms with Crippen LogP contribution in [0.4, 0.5) is 0 Å². The summed E-state index contributed by atoms with van der Waals surface area (Å²) in [5, 5.41) is 0. The van der Waals surface area contributed by atoms with E-state index in [0.29, 0.717) is 6.04 Å². The van der Waals surface area contributed by atoms with E-state index in [0.717, 1.165) is 32.5 Å². The van der Waals surface area contributed by atoms with Gasteiger partial charge < -0.3 is 5.73 Å². The zero-order valence-electron chi connectivity index (χ0n) is 9.86. The zero-order valence-corrected chi connectivity index (χ0v) is 10.7. The summed E-state index contributed by atoms with van der Waals surface area (Å²) in [7, 11) is 0. The van der Waals surface area contributed by atoms with Gasteiger partial charge in [0, 0.05) is 12.6 Å². The Kier molecular flexibility index (Phi) is 5.26. The molecule has 0 aliphatic carbocycles. The summed E-state index contributed by atoms with van der Waals surface area (Å²) in [6.07, 6.45) is 2.29. The number of halogens is 1. The maximum Gasteiger partial charge on any atom is 0.0233 e. The molecule has 0 radical (unpaired) electrons. The standard InChI is InChI=1S/C13H20N2.ClH/c1-11-2-4-12(5-3-11)10-15-8-6-13(14)7-9-15;/h2-5,13H,6-10,14H2,1H3;1H. The van der Waals surface area contributed by atoms with E-state index in [9.17, 15) is 0 Å². The fourth-order valence-electron chi connectivity index (χ4n) is 2.06. The number of piperidine rings is 1. The van der Waals surface area contributed by atoms with Crippen molar-refractivity contribution < 1.29 is 0 Å². The smallest absolute Gasteiger partial charge is 0.0233 e. The van der Waals surface area contributed by atoms with Crippen molar-refractivity contribution in [1.82, 2.24) is 4.90 Å². The molecular formula is C13H21ClN2. The molecule has 0 atom stereocenters. The van der Waals surface area contributed by atoms with Crippen molar-refractivity contribution in [3.63, 3.8) is 0 Å². The molecule has 1 fully saturated rings. The number of hydrogen-bond donors (Lipinski definition) is 1. The molecule has 0 aromatic heterocycles. The summed E-state index contributed by atoms with van der Waals surface area (Å²) < 4.78 is 0. The molecule has 0 bridgehead atoms. The summed E-state index contributed by atoms with van der Waals surface area (Å²) in [4.78, 5) is 2.49. The van der Waals surface area contributed by atoms with Crippen LogP contribution in [0.2, 0.25) is 0 Å². The van der Waals surface area contributed by atoms with Gasteiger partial charge in [0.2, 0.25) is 0 Å². The third-order valence-corrected chi connectivity index (χ3v) is 3.16. The van der Waals surface area contributed by atoms with E-state index in [1.807, 2.05) is 0 Å². The van der Waals surface area contributed by atoms with Gasteiger partial charge in [-0.25, -0.2) is 0 Å². The molecule has 3 heteroatoms. The fraction of sp³-hybridized carbons (Fsp3) is 0.538. The highest BCUT2D eigenvalue weighted by atomic mass is 35.5. The van der Waals surface area contributed by atoms with Crippen molar-refractivity contribution in [2.45, 2.75) is 32.4 Å². The summed E-state index contributed by atoms with van der Waals surface area (Å²) in [5.41, 5.74) is 8.63. The van der Waals surface area contributed by atoms with Crippen LogP contribution in [0.25, 0.3) is 0 Å². The van der Waals surface area contributed by atoms with Crippen molar-refractivity contribution in [2.24, 2.45) is 5.73 Å². The highest BCUT2D eigenvalue weighted by Crippen LogP contribution is 2.12. The molecule has 0 saturated carbocycles. The second-order valence-corrected chi connectivity index (χ2v) is 4.60. The Bertz CT molecular complexity index is 302. The lowest BCUT2D eigenvalue weighted by molar-refractivity contribution is 0.205. The second-order valence-electron chi connectivity index (χ2n) is 4.60. The lowest BCUT2D eigenvalue weighted by Gasteiger charge is -2.30. The molecule has 1 heterocycles. The number of rotatable bonds is 2. The van der Waals surface area contributed by atoms with Gasteiger partial charge in [-0.2, -0.15) is 0 Å². The van der Waals surface area contributed by atoms with Crippen molar-refractivity contribution in [3.05, 3.63) is 35.4 Å². The predicted molar refractivity (Wildman–Crippen MR) is 70.9 cm³/mol. The van der Waals surface area contributed by atoms with E-state index in [1.165, 1.54) is 11.1 Å². The average molecular weight is 241 g/mol. The monoisotopic (exact) mass is 240 g/mol. The maximum atomic E-state index is 5.88. The van der Waals surface area contributed by atoms with Crippen LogP contribution >= 0.6 is 12.4 Å². The van der Waals surface area contributed by atoms with Crippen molar-refractivity contribution >= 4 is 12.4 Å². The summed E-state index contributed by atoms with van der Waals surface area (Å²) in [6.45, 7) is 5.50. The molecule has 1 aromatic carbocycles. The minimum absolute atomic E-state index is 0. The molecule has 1 aliphatic heterocycles. The first-order valence-electron chi connectivity index (χ1n) is 5.77. The number of aryl methyl sites for hydroxylation is 1. The minimum atomic E-state index is 0. The van der Waals surface area contributed by atoms with E-state index < -0.39 is 0 Å². The van der Waals surface area contributed by atoms with Gasteiger partial charge in [0.25, 0.3) is 0 Å². The molecule has 1 saturated heterocycles. The van der Waals surface area contributed by atoms with Gasteiger partial charge in [0.15, 0.2) is 0 Å². The van der Waals surface area contributed by atoms with E-state index >= 15 is 0 Å². The van der Waals surface area contributed by atoms with E-state index in [1.54, 1.807) is 0 Å². The Morgan fingerprint density at radius 1 is 1.19 bits per heavy atom. The van der Waals surface area contributed by atoms with Gasteiger partial charge in [0.05, 0.1) is 0 Å². The molecule has 0 amide bonds. The molecule has 0 unspecified atom stereocenters. The zero-order chi connectivity index (χ0) is 10.7. The Hall–Kier alpha value is -0.570. The molecular weight excluding hydrogens is 220 g/mol. The number of hydrogen-bond acceptors (Lipinski definition) is 2. The largest absolute Gasteiger partial charge is 0.328 e. The van der Waals surface area contributed by atoms with Gasteiger partial charge in [-0.05, 0) is 38.4 Å². The molecule has 2 N–H and O–H groups in total. The molecule has 2 rings (SSSR count). The number of likely N-dealkylation sites (tertiary alicyclic amines) is 1. The van der Waals surface area contributed by atoms with Crippen molar-refractivity contribution in [3.8, 4) is 0 Å². The first kappa shape index (κ1) is 13.5. The first-order valence-corrected chi connectivity index (χ1v) is 5.77.